The smallest absolute Gasteiger partial charge is 0.338 e. The number of esters is 1. The average molecular weight is 306 g/mol. The van der Waals surface area contributed by atoms with Gasteiger partial charge in [-0.25, -0.2) is 4.79 Å². The first-order chi connectivity index (χ1) is 9.99. The molecule has 0 aromatic heterocycles. The third-order valence-electron chi connectivity index (χ3n) is 2.93. The summed E-state index contributed by atoms with van der Waals surface area (Å²) in [6, 6.07) is 13.0. The summed E-state index contributed by atoms with van der Waals surface area (Å²) in [4.78, 5) is 22.1. The lowest BCUT2D eigenvalue weighted by molar-refractivity contribution is -0.384. The normalized spacial score (nSPS) is 11.7. The highest BCUT2D eigenvalue weighted by Crippen LogP contribution is 2.26. The van der Waals surface area contributed by atoms with Gasteiger partial charge < -0.3 is 4.74 Å². The fraction of sp³-hybridized carbons (Fsp3) is 0.133. The molecule has 0 aliphatic carbocycles. The molecular formula is C15H12ClNO4. The number of nitro benzene ring substituents is 1. The number of nitro groups is 1. The summed E-state index contributed by atoms with van der Waals surface area (Å²) in [7, 11) is 0. The maximum absolute atomic E-state index is 12.0. The minimum Gasteiger partial charge on any atom is -0.454 e. The van der Waals surface area contributed by atoms with Crippen LogP contribution in [0.5, 0.6) is 0 Å². The topological polar surface area (TPSA) is 69.4 Å². The molecule has 0 N–H and O–H groups in total. The average Bonchev–Trinajstić information content (AvgIpc) is 2.47. The Morgan fingerprint density at radius 1 is 1.24 bits per heavy atom. The Morgan fingerprint density at radius 2 is 1.90 bits per heavy atom. The number of carbonyl (C=O) groups is 1. The van der Waals surface area contributed by atoms with Gasteiger partial charge in [-0.3, -0.25) is 10.1 Å². The van der Waals surface area contributed by atoms with Crippen LogP contribution in [0, 0.1) is 10.1 Å². The molecule has 0 bridgehead atoms. The van der Waals surface area contributed by atoms with Crippen LogP contribution in [-0.4, -0.2) is 10.9 Å². The molecule has 0 fully saturated rings. The number of hydrogen-bond donors (Lipinski definition) is 0. The van der Waals surface area contributed by atoms with Crippen molar-refractivity contribution in [2.45, 2.75) is 13.0 Å². The molecule has 1 atom stereocenters. The van der Waals surface area contributed by atoms with E-state index in [4.69, 9.17) is 16.3 Å². The Hall–Kier alpha value is -2.40. The zero-order valence-electron chi connectivity index (χ0n) is 11.2. The van der Waals surface area contributed by atoms with Gasteiger partial charge in [0.1, 0.15) is 11.1 Å². The molecule has 108 valence electrons. The number of benzene rings is 2. The van der Waals surface area contributed by atoms with Gasteiger partial charge in [0.05, 0.1) is 10.5 Å². The van der Waals surface area contributed by atoms with Gasteiger partial charge in [-0.2, -0.15) is 0 Å². The van der Waals surface area contributed by atoms with Crippen LogP contribution in [-0.2, 0) is 4.74 Å². The maximum atomic E-state index is 12.0. The first-order valence-electron chi connectivity index (χ1n) is 6.19. The summed E-state index contributed by atoms with van der Waals surface area (Å²) < 4.78 is 5.31. The second-order valence-electron chi connectivity index (χ2n) is 4.38. The molecule has 0 spiro atoms. The van der Waals surface area contributed by atoms with Crippen molar-refractivity contribution in [2.75, 3.05) is 0 Å². The minimum absolute atomic E-state index is 0.0955. The fourth-order valence-corrected chi connectivity index (χ4v) is 2.05. The molecule has 6 heteroatoms. The van der Waals surface area contributed by atoms with E-state index in [2.05, 4.69) is 0 Å². The van der Waals surface area contributed by atoms with E-state index in [1.807, 2.05) is 30.3 Å². The Kier molecular flexibility index (Phi) is 4.55. The maximum Gasteiger partial charge on any atom is 0.338 e. The number of nitrogens with zero attached hydrogens (tertiary/aromatic N) is 1. The van der Waals surface area contributed by atoms with Crippen molar-refractivity contribution in [3.8, 4) is 0 Å². The third kappa shape index (κ3) is 3.58. The molecule has 0 saturated heterocycles. The highest BCUT2D eigenvalue weighted by atomic mass is 35.5. The van der Waals surface area contributed by atoms with E-state index in [0.717, 1.165) is 5.56 Å². The molecule has 5 nitrogen and oxygen atoms in total. The Labute approximate surface area is 126 Å². The van der Waals surface area contributed by atoms with Gasteiger partial charge in [-0.05, 0) is 24.6 Å². The van der Waals surface area contributed by atoms with E-state index in [1.165, 1.54) is 18.2 Å². The van der Waals surface area contributed by atoms with E-state index < -0.39 is 17.0 Å². The molecule has 21 heavy (non-hydrogen) atoms. The number of rotatable bonds is 4. The lowest BCUT2D eigenvalue weighted by Gasteiger charge is -2.13. The molecule has 0 heterocycles. The van der Waals surface area contributed by atoms with Crippen molar-refractivity contribution in [1.82, 2.24) is 0 Å². The predicted molar refractivity (Wildman–Crippen MR) is 78.4 cm³/mol. The van der Waals surface area contributed by atoms with Crippen molar-refractivity contribution in [3.05, 3.63) is 74.8 Å². The molecule has 0 aliphatic rings. The van der Waals surface area contributed by atoms with E-state index in [0.29, 0.717) is 0 Å². The molecule has 2 aromatic rings. The third-order valence-corrected chi connectivity index (χ3v) is 3.24. The highest BCUT2D eigenvalue weighted by Gasteiger charge is 2.18. The van der Waals surface area contributed by atoms with Gasteiger partial charge in [-0.1, -0.05) is 41.9 Å². The lowest BCUT2D eigenvalue weighted by atomic mass is 10.1. The Balaban J connectivity index is 2.14. The van der Waals surface area contributed by atoms with Crippen molar-refractivity contribution in [1.29, 1.82) is 0 Å². The van der Waals surface area contributed by atoms with E-state index >= 15 is 0 Å². The molecular weight excluding hydrogens is 294 g/mol. The number of hydrogen-bond acceptors (Lipinski definition) is 4. The number of ether oxygens (including phenoxy) is 1. The van der Waals surface area contributed by atoms with Crippen LogP contribution in [0.3, 0.4) is 0 Å². The minimum atomic E-state index is -0.607. The first-order valence-corrected chi connectivity index (χ1v) is 6.56. The van der Waals surface area contributed by atoms with Crippen molar-refractivity contribution in [3.63, 3.8) is 0 Å². The highest BCUT2D eigenvalue weighted by molar-refractivity contribution is 6.33. The standard InChI is InChI=1S/C15H12ClNO4/c1-10(11-5-3-2-4-6-11)21-15(18)12-7-8-14(17(19)20)13(16)9-12/h2-10H,1H3. The summed E-state index contributed by atoms with van der Waals surface area (Å²) in [6.45, 7) is 1.75. The summed E-state index contributed by atoms with van der Waals surface area (Å²) in [5.41, 5.74) is 0.788. The largest absolute Gasteiger partial charge is 0.454 e. The van der Waals surface area contributed by atoms with E-state index in [-0.39, 0.29) is 16.3 Å². The van der Waals surface area contributed by atoms with Crippen LogP contribution in [0.4, 0.5) is 5.69 Å². The van der Waals surface area contributed by atoms with Crippen LogP contribution >= 0.6 is 11.6 Å². The van der Waals surface area contributed by atoms with Gasteiger partial charge in [-0.15, -0.1) is 0 Å². The predicted octanol–water partition coefficient (Wildman–Crippen LogP) is 4.17. The molecule has 1 unspecified atom stereocenters. The van der Waals surface area contributed by atoms with Crippen LogP contribution in [0.1, 0.15) is 28.9 Å². The summed E-state index contributed by atoms with van der Waals surface area (Å²) in [5.74, 6) is -0.580. The molecule has 2 aromatic carbocycles. The molecule has 0 aliphatic heterocycles. The van der Waals surface area contributed by atoms with E-state index in [9.17, 15) is 14.9 Å². The first kappa shape index (κ1) is 15.0. The van der Waals surface area contributed by atoms with Gasteiger partial charge in [0.25, 0.3) is 5.69 Å². The van der Waals surface area contributed by atoms with Crippen LogP contribution < -0.4 is 0 Å². The zero-order valence-corrected chi connectivity index (χ0v) is 11.9. The monoisotopic (exact) mass is 305 g/mol. The second-order valence-corrected chi connectivity index (χ2v) is 4.79. The molecule has 0 amide bonds. The van der Waals surface area contributed by atoms with Gasteiger partial charge in [0.15, 0.2) is 0 Å². The second kappa shape index (κ2) is 6.37. The molecule has 0 radical (unpaired) electrons. The van der Waals surface area contributed by atoms with Gasteiger partial charge in [0, 0.05) is 6.07 Å². The fourth-order valence-electron chi connectivity index (χ4n) is 1.80. The summed E-state index contributed by atoms with van der Waals surface area (Å²) in [6.07, 6.45) is -0.423. The van der Waals surface area contributed by atoms with Gasteiger partial charge in [0.2, 0.25) is 0 Å². The Morgan fingerprint density at radius 3 is 2.48 bits per heavy atom. The van der Waals surface area contributed by atoms with Crippen LogP contribution in [0.2, 0.25) is 5.02 Å². The lowest BCUT2D eigenvalue weighted by Crippen LogP contribution is -2.09. The quantitative estimate of drug-likeness (QED) is 0.483. The SMILES string of the molecule is CC(OC(=O)c1ccc([N+](=O)[O-])c(Cl)c1)c1ccccc1. The van der Waals surface area contributed by atoms with Crippen molar-refractivity contribution < 1.29 is 14.5 Å². The van der Waals surface area contributed by atoms with E-state index in [1.54, 1.807) is 6.92 Å². The number of halogens is 1. The molecule has 0 saturated carbocycles. The van der Waals surface area contributed by atoms with Gasteiger partial charge >= 0.3 is 5.97 Å². The Bertz CT molecular complexity index is 673. The number of carbonyl (C=O) groups excluding carboxylic acids is 1. The molecule has 2 rings (SSSR count). The summed E-state index contributed by atoms with van der Waals surface area (Å²) in [5, 5.41) is 10.6. The van der Waals surface area contributed by atoms with Crippen LogP contribution in [0.15, 0.2) is 48.5 Å². The van der Waals surface area contributed by atoms with Crippen LogP contribution in [0.25, 0.3) is 0 Å². The summed E-state index contributed by atoms with van der Waals surface area (Å²) >= 11 is 5.77. The zero-order chi connectivity index (χ0) is 15.4. The van der Waals surface area contributed by atoms with Crippen molar-refractivity contribution >= 4 is 23.3 Å². The van der Waals surface area contributed by atoms with Crippen molar-refractivity contribution in [2.24, 2.45) is 0 Å².